The Morgan fingerprint density at radius 3 is 2.32 bits per heavy atom. The molecule has 1 aliphatic carbocycles. The number of fused-ring (bicyclic) bond motifs is 2. The molecule has 13 nitrogen and oxygen atoms in total. The highest BCUT2D eigenvalue weighted by Gasteiger charge is 2.49. The fourth-order valence-corrected chi connectivity index (χ4v) is 9.73. The summed E-state index contributed by atoms with van der Waals surface area (Å²) in [6.07, 6.45) is 6.69. The second-order valence-corrected chi connectivity index (χ2v) is 16.9. The largest absolute Gasteiger partial charge is 0.379 e. The average molecular weight is 778 g/mol. The number of aromatic nitrogens is 2. The van der Waals surface area contributed by atoms with Gasteiger partial charge in [-0.05, 0) is 75.0 Å². The quantitative estimate of drug-likeness (QED) is 0.191. The maximum Gasteiger partial charge on any atom is 0.245 e. The van der Waals surface area contributed by atoms with Crippen molar-refractivity contribution in [2.75, 3.05) is 34.9 Å². The van der Waals surface area contributed by atoms with Crippen molar-refractivity contribution in [3.8, 4) is 0 Å². The van der Waals surface area contributed by atoms with Gasteiger partial charge < -0.3 is 29.9 Å². The number of likely N-dealkylation sites (tertiary alicyclic amines) is 2. The first-order valence-electron chi connectivity index (χ1n) is 20.8. The first-order chi connectivity index (χ1) is 26.8. The van der Waals surface area contributed by atoms with Crippen LogP contribution in [0.4, 0.5) is 0 Å². The van der Waals surface area contributed by atoms with Crippen LogP contribution in [0.1, 0.15) is 96.9 Å². The van der Waals surface area contributed by atoms with Crippen LogP contribution in [0.15, 0.2) is 42.6 Å². The molecular formula is C43H67N7O6. The van der Waals surface area contributed by atoms with Gasteiger partial charge in [0, 0.05) is 40.1 Å². The van der Waals surface area contributed by atoms with E-state index in [4.69, 9.17) is 9.47 Å². The number of benzene rings is 1. The van der Waals surface area contributed by atoms with Crippen molar-refractivity contribution in [3.05, 3.63) is 53.9 Å². The number of likely N-dealkylation sites (N-methyl/N-ethyl adjacent to an activating group) is 2. The minimum absolute atomic E-state index is 0.00470. The molecule has 5 rings (SSSR count). The molecule has 13 heteroatoms. The fraction of sp³-hybridized carbons (Fsp3) is 0.698. The molecule has 11 atom stereocenters. The van der Waals surface area contributed by atoms with Crippen molar-refractivity contribution in [2.45, 2.75) is 134 Å². The van der Waals surface area contributed by atoms with Gasteiger partial charge in [-0.2, -0.15) is 5.10 Å². The Balaban J connectivity index is 1.27. The molecule has 2 aromatic rings. The van der Waals surface area contributed by atoms with Crippen molar-refractivity contribution in [1.29, 1.82) is 0 Å². The lowest BCUT2D eigenvalue weighted by Crippen LogP contribution is -2.60. The molecule has 2 saturated heterocycles. The topological polar surface area (TPSA) is 149 Å². The van der Waals surface area contributed by atoms with Crippen molar-refractivity contribution in [2.24, 2.45) is 23.7 Å². The molecule has 3 fully saturated rings. The number of carbonyl (C=O) groups is 4. The molecule has 1 saturated carbocycles. The van der Waals surface area contributed by atoms with E-state index in [1.165, 1.54) is 0 Å². The van der Waals surface area contributed by atoms with Crippen LogP contribution in [0, 0.1) is 23.7 Å². The number of rotatable bonds is 19. The number of nitrogens with one attached hydrogen (secondary N) is 3. The van der Waals surface area contributed by atoms with E-state index in [0.717, 1.165) is 43.4 Å². The second kappa shape index (κ2) is 19.6. The third-order valence-electron chi connectivity index (χ3n) is 13.1. The second-order valence-electron chi connectivity index (χ2n) is 16.9. The molecule has 2 aliphatic heterocycles. The van der Waals surface area contributed by atoms with Crippen LogP contribution in [0.5, 0.6) is 0 Å². The SMILES string of the molecule is CC[C@H](C)[C@@H]([C@@H](CC(=O)N1CCC[C@H]1[C@H](OC)[C@@H](C)C(=O)N[C@@H](Cc1ccccc1)c1cc[nH]n1)OC)N(C)C(=O)[C@@H](NC(=O)[C@@H]1[C@H]2CC[C@H](C2)N1C)C(C)C. The van der Waals surface area contributed by atoms with Gasteiger partial charge in [0.15, 0.2) is 0 Å². The molecule has 56 heavy (non-hydrogen) atoms. The van der Waals surface area contributed by atoms with Gasteiger partial charge in [-0.25, -0.2) is 0 Å². The predicted molar refractivity (Wildman–Crippen MR) is 215 cm³/mol. The summed E-state index contributed by atoms with van der Waals surface area (Å²) in [6.45, 7) is 10.5. The van der Waals surface area contributed by atoms with Gasteiger partial charge in [0.05, 0.1) is 54.4 Å². The average Bonchev–Trinajstić information content (AvgIpc) is 4.03. The van der Waals surface area contributed by atoms with E-state index in [9.17, 15) is 19.2 Å². The number of nitrogens with zero attached hydrogens (tertiary/aromatic N) is 4. The molecule has 2 bridgehead atoms. The standard InChI is InChI=1S/C43H67N7O6/c1-10-27(4)38(49(7)43(54)37(26(2)3)46-42(53)39-30-18-19-31(24-30)48(39)6)35(55-8)25-36(51)50-22-14-17-34(50)40(56-9)28(5)41(52)45-33(32-20-21-44-47-32)23-29-15-12-11-13-16-29/h11-13,15-16,20-21,26-28,30-31,33-35,37-40H,10,14,17-19,22-25H2,1-9H3,(H,44,47)(H,45,52)(H,46,53)/t27-,28+,30-,31+,33-,34-,35+,37-,38-,39-,40+/m0/s1. The number of piperidine rings is 1. The summed E-state index contributed by atoms with van der Waals surface area (Å²) in [4.78, 5) is 62.0. The van der Waals surface area contributed by atoms with Crippen molar-refractivity contribution in [3.63, 3.8) is 0 Å². The van der Waals surface area contributed by atoms with Crippen molar-refractivity contribution < 1.29 is 28.7 Å². The van der Waals surface area contributed by atoms with Crippen LogP contribution in [0.25, 0.3) is 0 Å². The Morgan fingerprint density at radius 1 is 1.00 bits per heavy atom. The monoisotopic (exact) mass is 778 g/mol. The zero-order chi connectivity index (χ0) is 40.7. The zero-order valence-electron chi connectivity index (χ0n) is 35.1. The summed E-state index contributed by atoms with van der Waals surface area (Å²) >= 11 is 0. The van der Waals surface area contributed by atoms with E-state index in [1.807, 2.05) is 69.1 Å². The van der Waals surface area contributed by atoms with Gasteiger partial charge in [-0.1, -0.05) is 71.4 Å². The van der Waals surface area contributed by atoms with E-state index in [2.05, 4.69) is 39.6 Å². The number of carbonyl (C=O) groups excluding carboxylic acids is 4. The van der Waals surface area contributed by atoms with E-state index >= 15 is 0 Å². The summed E-state index contributed by atoms with van der Waals surface area (Å²) in [5.41, 5.74) is 1.81. The van der Waals surface area contributed by atoms with Crippen molar-refractivity contribution >= 4 is 23.6 Å². The van der Waals surface area contributed by atoms with Gasteiger partial charge in [0.1, 0.15) is 6.04 Å². The van der Waals surface area contributed by atoms with Gasteiger partial charge in [-0.15, -0.1) is 0 Å². The van der Waals surface area contributed by atoms with E-state index < -0.39 is 30.2 Å². The molecule has 3 aliphatic rings. The number of methoxy groups -OCH3 is 2. The lowest BCUT2D eigenvalue weighted by atomic mass is 9.89. The molecule has 1 aromatic carbocycles. The lowest BCUT2D eigenvalue weighted by molar-refractivity contribution is -0.148. The number of aromatic amines is 1. The third-order valence-corrected chi connectivity index (χ3v) is 13.1. The predicted octanol–water partition coefficient (Wildman–Crippen LogP) is 4.35. The van der Waals surface area contributed by atoms with Crippen LogP contribution in [0.3, 0.4) is 0 Å². The highest BCUT2D eigenvalue weighted by Crippen LogP contribution is 2.41. The molecule has 310 valence electrons. The maximum atomic E-state index is 14.4. The third kappa shape index (κ3) is 9.65. The Morgan fingerprint density at radius 2 is 1.73 bits per heavy atom. The fourth-order valence-electron chi connectivity index (χ4n) is 9.73. The summed E-state index contributed by atoms with van der Waals surface area (Å²) in [5.74, 6) is -0.912. The molecule has 3 heterocycles. The van der Waals surface area contributed by atoms with Crippen molar-refractivity contribution in [1.82, 2.24) is 35.5 Å². The van der Waals surface area contributed by atoms with E-state index in [1.54, 1.807) is 32.4 Å². The number of hydrogen-bond acceptors (Lipinski definition) is 8. The molecule has 1 aromatic heterocycles. The summed E-state index contributed by atoms with van der Waals surface area (Å²) < 4.78 is 12.1. The maximum absolute atomic E-state index is 14.4. The molecule has 0 spiro atoms. The minimum atomic E-state index is -0.710. The summed E-state index contributed by atoms with van der Waals surface area (Å²) in [7, 11) is 6.98. The van der Waals surface area contributed by atoms with Gasteiger partial charge in [-0.3, -0.25) is 29.2 Å². The van der Waals surface area contributed by atoms with Gasteiger partial charge >= 0.3 is 0 Å². The first-order valence-corrected chi connectivity index (χ1v) is 20.8. The van der Waals surface area contributed by atoms with Gasteiger partial charge in [0.25, 0.3) is 0 Å². The highest BCUT2D eigenvalue weighted by atomic mass is 16.5. The molecular weight excluding hydrogens is 711 g/mol. The van der Waals surface area contributed by atoms with Crippen LogP contribution < -0.4 is 10.6 Å². The molecule has 4 amide bonds. The molecule has 0 radical (unpaired) electrons. The lowest BCUT2D eigenvalue weighted by Gasteiger charge is -2.41. The molecule has 0 unspecified atom stereocenters. The van der Waals surface area contributed by atoms with E-state index in [0.29, 0.717) is 31.3 Å². The zero-order valence-corrected chi connectivity index (χ0v) is 35.1. The number of H-pyrrole nitrogens is 1. The van der Waals surface area contributed by atoms with Crippen LogP contribution >= 0.6 is 0 Å². The Labute approximate surface area is 334 Å². The minimum Gasteiger partial charge on any atom is -0.379 e. The first kappa shape index (κ1) is 43.3. The smallest absolute Gasteiger partial charge is 0.245 e. The Kier molecular flexibility index (Phi) is 15.1. The summed E-state index contributed by atoms with van der Waals surface area (Å²) in [6, 6.07) is 10.3. The number of ether oxygens (including phenoxy) is 2. The van der Waals surface area contributed by atoms with Crippen LogP contribution in [-0.4, -0.2) is 126 Å². The van der Waals surface area contributed by atoms with E-state index in [-0.39, 0.29) is 60.0 Å². The van der Waals surface area contributed by atoms with Crippen LogP contribution in [0.2, 0.25) is 0 Å². The summed E-state index contributed by atoms with van der Waals surface area (Å²) in [5, 5.41) is 13.6. The Bertz CT molecular complexity index is 1590. The Hall–Kier alpha value is -3.81. The highest BCUT2D eigenvalue weighted by molar-refractivity contribution is 5.90. The normalized spacial score (nSPS) is 24.6. The number of hydrogen-bond donors (Lipinski definition) is 3. The molecule has 3 N–H and O–H groups in total. The van der Waals surface area contributed by atoms with Gasteiger partial charge in [0.2, 0.25) is 23.6 Å². The van der Waals surface area contributed by atoms with Crippen LogP contribution in [-0.2, 0) is 35.1 Å². The number of amides is 4.